The quantitative estimate of drug-likeness (QED) is 0.0538. The van der Waals surface area contributed by atoms with Crippen molar-refractivity contribution in [3.63, 3.8) is 0 Å². The number of hydrogen-bond acceptors (Lipinski definition) is 16. The minimum atomic E-state index is -1.61. The van der Waals surface area contributed by atoms with E-state index >= 15 is 0 Å². The van der Waals surface area contributed by atoms with Gasteiger partial charge in [0, 0.05) is 45.8 Å². The molecule has 0 saturated carbocycles. The highest BCUT2D eigenvalue weighted by atomic mass is 79.9. The number of ether oxygens (including phenoxy) is 9. The molecule has 17 heteroatoms. The molecule has 61 heavy (non-hydrogen) atoms. The Morgan fingerprint density at radius 1 is 1.02 bits per heavy atom. The number of nitrogens with zero attached hydrogens (tertiary/aromatic N) is 1. The minimum Gasteiger partial charge on any atom is -0.460 e. The Morgan fingerprint density at radius 3 is 2.25 bits per heavy atom. The second-order valence-electron chi connectivity index (χ2n) is 17.3. The summed E-state index contributed by atoms with van der Waals surface area (Å²) in [5, 5.41) is 34.0. The van der Waals surface area contributed by atoms with Crippen LogP contribution in [0.2, 0.25) is 0 Å². The van der Waals surface area contributed by atoms with E-state index in [4.69, 9.17) is 42.6 Å². The molecule has 0 amide bonds. The number of alkyl halides is 1. The van der Waals surface area contributed by atoms with Crippen LogP contribution in [-0.2, 0) is 57.0 Å². The van der Waals surface area contributed by atoms with Crippen molar-refractivity contribution in [2.45, 2.75) is 178 Å². The van der Waals surface area contributed by atoms with E-state index in [9.17, 15) is 29.7 Å². The average Bonchev–Trinajstić information content (AvgIpc) is 3.69. The molecule has 0 aromatic carbocycles. The van der Waals surface area contributed by atoms with Crippen LogP contribution in [0.25, 0.3) is 0 Å². The van der Waals surface area contributed by atoms with E-state index in [-0.39, 0.29) is 44.0 Å². The summed E-state index contributed by atoms with van der Waals surface area (Å²) in [6.45, 7) is 14.4. The van der Waals surface area contributed by atoms with Crippen molar-refractivity contribution in [3.05, 3.63) is 24.3 Å². The van der Waals surface area contributed by atoms with Gasteiger partial charge in [-0.05, 0) is 65.6 Å². The molecule has 15 atom stereocenters. The van der Waals surface area contributed by atoms with Crippen LogP contribution in [0.4, 0.5) is 0 Å². The SMILES string of the molecule is CCCC=CC=CC(=O)C(C)CC(CC1OCCO1)C(O[C@@H]1O[C@H](C)[C@@H](O[C@@H]2O[C@@H](C)[C@H](OC(=O)CC(C)C)[C@](C)(O)[C@H]2Br)[C@H](N(C)C)[C@H]1O)C(OC)C(CCO)OC(C)=O. The number of hydrogen-bond donors (Lipinski definition) is 3. The fourth-order valence-electron chi connectivity index (χ4n) is 8.28. The number of esters is 2. The molecule has 16 nitrogen and oxygen atoms in total. The van der Waals surface area contributed by atoms with Crippen LogP contribution in [0.1, 0.15) is 93.9 Å². The molecule has 0 radical (unpaired) electrons. The molecular formula is C44H74BrNO15. The molecule has 3 fully saturated rings. The predicted octanol–water partition coefficient (Wildman–Crippen LogP) is 4.23. The Bertz CT molecular complexity index is 1410. The van der Waals surface area contributed by atoms with Crippen LogP contribution >= 0.6 is 15.9 Å². The number of carbonyl (C=O) groups is 3. The molecule has 3 aliphatic heterocycles. The van der Waals surface area contributed by atoms with E-state index in [0.29, 0.717) is 13.2 Å². The second kappa shape index (κ2) is 25.6. The van der Waals surface area contributed by atoms with Crippen LogP contribution < -0.4 is 0 Å². The maximum Gasteiger partial charge on any atom is 0.306 e. The minimum absolute atomic E-state index is 0.0121. The normalized spacial score (nSPS) is 32.6. The van der Waals surface area contributed by atoms with E-state index in [1.54, 1.807) is 45.8 Å². The summed E-state index contributed by atoms with van der Waals surface area (Å²) in [4.78, 5) is 39.5. The van der Waals surface area contributed by atoms with Gasteiger partial charge in [-0.15, -0.1) is 0 Å². The highest BCUT2D eigenvalue weighted by Crippen LogP contribution is 2.40. The first-order valence-corrected chi connectivity index (χ1v) is 22.6. The van der Waals surface area contributed by atoms with Gasteiger partial charge in [-0.1, -0.05) is 68.3 Å². The van der Waals surface area contributed by atoms with E-state index in [1.807, 2.05) is 32.9 Å². The third-order valence-corrected chi connectivity index (χ3v) is 12.7. The van der Waals surface area contributed by atoms with E-state index < -0.39 is 108 Å². The van der Waals surface area contributed by atoms with Crippen molar-refractivity contribution in [3.8, 4) is 0 Å². The Balaban J connectivity index is 1.99. The summed E-state index contributed by atoms with van der Waals surface area (Å²) < 4.78 is 55.4. The molecule has 3 aliphatic rings. The summed E-state index contributed by atoms with van der Waals surface area (Å²) in [7, 11) is 4.99. The van der Waals surface area contributed by atoms with Gasteiger partial charge in [-0.3, -0.25) is 14.4 Å². The summed E-state index contributed by atoms with van der Waals surface area (Å²) in [5.41, 5.74) is -1.61. The summed E-state index contributed by atoms with van der Waals surface area (Å²) in [5.74, 6) is -2.16. The molecule has 3 heterocycles. The molecule has 3 N–H and O–H groups in total. The van der Waals surface area contributed by atoms with E-state index in [0.717, 1.165) is 12.8 Å². The number of rotatable bonds is 24. The van der Waals surface area contributed by atoms with Gasteiger partial charge in [0.2, 0.25) is 0 Å². The monoisotopic (exact) mass is 935 g/mol. The smallest absolute Gasteiger partial charge is 0.306 e. The maximum absolute atomic E-state index is 13.5. The lowest BCUT2D eigenvalue weighted by Gasteiger charge is -2.51. The molecule has 0 bridgehead atoms. The van der Waals surface area contributed by atoms with Gasteiger partial charge < -0.3 is 62.9 Å². The summed E-state index contributed by atoms with van der Waals surface area (Å²) >= 11 is 3.57. The summed E-state index contributed by atoms with van der Waals surface area (Å²) in [6.07, 6.45) is -1.00. The van der Waals surface area contributed by atoms with Gasteiger partial charge in [-0.25, -0.2) is 0 Å². The van der Waals surface area contributed by atoms with Gasteiger partial charge in [0.1, 0.15) is 30.0 Å². The fraction of sp³-hybridized carbons (Fsp3) is 0.841. The number of carbonyl (C=O) groups excluding carboxylic acids is 3. The topological polar surface area (TPSA) is 198 Å². The molecule has 0 aromatic heterocycles. The first-order valence-electron chi connectivity index (χ1n) is 21.7. The van der Waals surface area contributed by atoms with Gasteiger partial charge >= 0.3 is 11.9 Å². The number of methoxy groups -OCH3 is 1. The molecule has 0 aromatic rings. The van der Waals surface area contributed by atoms with Crippen molar-refractivity contribution in [1.82, 2.24) is 4.90 Å². The first kappa shape index (κ1) is 53.5. The highest BCUT2D eigenvalue weighted by Gasteiger charge is 2.56. The lowest BCUT2D eigenvalue weighted by atomic mass is 9.82. The van der Waals surface area contributed by atoms with Crippen molar-refractivity contribution >= 4 is 33.7 Å². The van der Waals surface area contributed by atoms with E-state index in [2.05, 4.69) is 22.9 Å². The number of aliphatic hydroxyl groups is 3. The zero-order valence-corrected chi connectivity index (χ0v) is 39.6. The molecule has 3 saturated heterocycles. The number of unbranched alkanes of at least 4 members (excludes halogenated alkanes) is 1. The molecule has 0 aliphatic carbocycles. The Kier molecular flexibility index (Phi) is 22.4. The Labute approximate surface area is 371 Å². The average molecular weight is 937 g/mol. The largest absolute Gasteiger partial charge is 0.460 e. The number of ketones is 1. The number of likely N-dealkylation sites (N-methyl/N-ethyl adjacent to an activating group) is 1. The fourth-order valence-corrected chi connectivity index (χ4v) is 8.79. The zero-order chi connectivity index (χ0) is 45.6. The Morgan fingerprint density at radius 2 is 1.67 bits per heavy atom. The molecule has 5 unspecified atom stereocenters. The van der Waals surface area contributed by atoms with Gasteiger partial charge in [-0.2, -0.15) is 0 Å². The number of aliphatic hydroxyl groups excluding tert-OH is 2. The second-order valence-corrected chi connectivity index (χ2v) is 18.3. The van der Waals surface area contributed by atoms with Crippen molar-refractivity contribution in [1.29, 1.82) is 0 Å². The lowest BCUT2D eigenvalue weighted by Crippen LogP contribution is -2.68. The predicted molar refractivity (Wildman–Crippen MR) is 228 cm³/mol. The van der Waals surface area contributed by atoms with Crippen LogP contribution in [0.5, 0.6) is 0 Å². The zero-order valence-electron chi connectivity index (χ0n) is 38.0. The van der Waals surface area contributed by atoms with Crippen molar-refractivity contribution in [2.75, 3.05) is 41.0 Å². The third kappa shape index (κ3) is 15.4. The lowest BCUT2D eigenvalue weighted by molar-refractivity contribution is -0.342. The number of allylic oxidation sites excluding steroid dienone is 4. The molecule has 3 rings (SSSR count). The van der Waals surface area contributed by atoms with Crippen LogP contribution in [0, 0.1) is 17.8 Å². The third-order valence-electron chi connectivity index (χ3n) is 11.4. The van der Waals surface area contributed by atoms with Gasteiger partial charge in [0.05, 0.1) is 42.4 Å². The highest BCUT2D eigenvalue weighted by molar-refractivity contribution is 9.09. The van der Waals surface area contributed by atoms with Crippen molar-refractivity contribution in [2.24, 2.45) is 17.8 Å². The molecular weight excluding hydrogens is 862 g/mol. The number of halogens is 1. The van der Waals surface area contributed by atoms with Gasteiger partial charge in [0.25, 0.3) is 0 Å². The summed E-state index contributed by atoms with van der Waals surface area (Å²) in [6, 6.07) is -0.770. The standard InChI is InChI=1S/C44H74BrNO15/c1-12-13-14-15-16-17-31(49)26(4)23-30(24-34-54-20-21-55-34)38(39(53-11)32(18-19-47)58-29(7)48)61-42-36(51)35(46(9)10)37(27(5)56-42)60-43-40(45)44(8,52)41(28(6)57-43)59-33(50)22-25(2)3/h14-17,25-28,30,32,34-43,47,51-52H,12-13,18-24H2,1-11H3/t26?,27-,28+,30?,32?,35-,36-,37-,38?,39?,40+,41+,42+,43+,44-/m1/s1. The van der Waals surface area contributed by atoms with Gasteiger partial charge in [0.15, 0.2) is 30.8 Å². The first-order chi connectivity index (χ1) is 28.8. The Hall–Kier alpha value is -1.87. The van der Waals surface area contributed by atoms with Crippen molar-refractivity contribution < 1.29 is 72.3 Å². The molecule has 0 spiro atoms. The van der Waals surface area contributed by atoms with E-state index in [1.165, 1.54) is 20.1 Å². The van der Waals surface area contributed by atoms with Crippen LogP contribution in [0.3, 0.4) is 0 Å². The van der Waals surface area contributed by atoms with Crippen LogP contribution in [-0.4, -0.2) is 163 Å². The van der Waals surface area contributed by atoms with Crippen LogP contribution in [0.15, 0.2) is 24.3 Å². The molecule has 352 valence electrons. The maximum atomic E-state index is 13.5.